The van der Waals surface area contributed by atoms with Gasteiger partial charge in [-0.25, -0.2) is 0 Å². The number of benzene rings is 1. The molecule has 1 fully saturated rings. The Kier molecular flexibility index (Phi) is 6.49. The van der Waals surface area contributed by atoms with Crippen LogP contribution in [0, 0.1) is 0 Å². The number of rotatable bonds is 6. The zero-order chi connectivity index (χ0) is 18.6. The molecule has 0 unspecified atom stereocenters. The minimum atomic E-state index is -0.818. The highest BCUT2D eigenvalue weighted by Gasteiger charge is 2.43. The third kappa shape index (κ3) is 4.55. The van der Waals surface area contributed by atoms with Crippen molar-refractivity contribution in [2.24, 2.45) is 0 Å². The zero-order valence-electron chi connectivity index (χ0n) is 13.8. The first kappa shape index (κ1) is 19.3. The number of esters is 1. The van der Waals surface area contributed by atoms with Crippen molar-refractivity contribution >= 4 is 56.7 Å². The number of carbonyl (C=O) groups is 3. The molecule has 1 aliphatic heterocycles. The highest BCUT2D eigenvalue weighted by atomic mass is 79.9. The summed E-state index contributed by atoms with van der Waals surface area (Å²) in [6.45, 7) is 1.98. The van der Waals surface area contributed by atoms with E-state index in [0.717, 1.165) is 4.47 Å². The molecule has 2 amide bonds. The highest BCUT2D eigenvalue weighted by Crippen LogP contribution is 2.21. The number of ether oxygens (including phenoxy) is 1. The summed E-state index contributed by atoms with van der Waals surface area (Å²) in [5, 5.41) is 2.97. The fraction of sp³-hybridized carbons (Fsp3) is 0.375. The van der Waals surface area contributed by atoms with E-state index in [0.29, 0.717) is 12.2 Å². The Morgan fingerprint density at radius 3 is 2.52 bits per heavy atom. The second-order valence-electron chi connectivity index (χ2n) is 5.34. The number of likely N-dealkylation sites (N-methyl/N-ethyl adjacent to an activating group) is 1. The number of halogens is 1. The van der Waals surface area contributed by atoms with Crippen LogP contribution in [0.4, 0.5) is 5.69 Å². The summed E-state index contributed by atoms with van der Waals surface area (Å²) in [5.41, 5.74) is 0.619. The van der Waals surface area contributed by atoms with E-state index in [1.807, 2.05) is 0 Å². The normalized spacial score (nSPS) is 17.0. The lowest BCUT2D eigenvalue weighted by Crippen LogP contribution is -2.41. The summed E-state index contributed by atoms with van der Waals surface area (Å²) < 4.78 is 5.54. The van der Waals surface area contributed by atoms with Crippen LogP contribution in [-0.4, -0.2) is 58.9 Å². The van der Waals surface area contributed by atoms with Gasteiger partial charge < -0.3 is 15.0 Å². The molecule has 0 bridgehead atoms. The molecule has 2 rings (SSSR count). The molecule has 1 aromatic carbocycles. The minimum Gasteiger partial charge on any atom is -0.468 e. The van der Waals surface area contributed by atoms with Gasteiger partial charge in [-0.05, 0) is 43.4 Å². The second kappa shape index (κ2) is 8.39. The van der Waals surface area contributed by atoms with E-state index in [2.05, 4.69) is 26.0 Å². The molecular formula is C16H18BrN3O4S. The molecule has 0 spiro atoms. The number of nitrogens with zero attached hydrogens (tertiary/aromatic N) is 2. The van der Waals surface area contributed by atoms with E-state index in [9.17, 15) is 14.4 Å². The van der Waals surface area contributed by atoms with Gasteiger partial charge in [-0.2, -0.15) is 0 Å². The van der Waals surface area contributed by atoms with Crippen LogP contribution >= 0.6 is 28.1 Å². The molecule has 25 heavy (non-hydrogen) atoms. The van der Waals surface area contributed by atoms with E-state index in [1.54, 1.807) is 31.2 Å². The van der Waals surface area contributed by atoms with Crippen molar-refractivity contribution in [3.63, 3.8) is 0 Å². The summed E-state index contributed by atoms with van der Waals surface area (Å²) in [6, 6.07) is 6.27. The molecule has 7 nitrogen and oxygen atoms in total. The van der Waals surface area contributed by atoms with Crippen molar-refractivity contribution in [3.8, 4) is 0 Å². The number of nitrogens with one attached hydrogen (secondary N) is 1. The predicted octanol–water partition coefficient (Wildman–Crippen LogP) is 1.77. The summed E-state index contributed by atoms with van der Waals surface area (Å²) in [4.78, 5) is 39.3. The highest BCUT2D eigenvalue weighted by molar-refractivity contribution is 9.10. The molecular weight excluding hydrogens is 410 g/mol. The topological polar surface area (TPSA) is 79.0 Å². The van der Waals surface area contributed by atoms with Gasteiger partial charge in [-0.1, -0.05) is 15.9 Å². The molecule has 1 N–H and O–H groups in total. The molecule has 1 heterocycles. The van der Waals surface area contributed by atoms with Gasteiger partial charge in [0, 0.05) is 16.7 Å². The number of anilines is 1. The lowest BCUT2D eigenvalue weighted by molar-refractivity contribution is -0.141. The molecule has 1 saturated heterocycles. The maximum Gasteiger partial charge on any atom is 0.325 e. The molecule has 0 saturated carbocycles. The first-order valence-corrected chi connectivity index (χ1v) is 8.81. The lowest BCUT2D eigenvalue weighted by Gasteiger charge is -2.22. The standard InChI is InChI=1S/C16H18BrN3O4S/c1-3-19-15(23)12(20(16(19)25)9-14(22)24-2)8-13(21)18-11-6-4-10(17)5-7-11/h4-7,12H,3,8-9H2,1-2H3,(H,18,21)/t12-/m1/s1. The number of hydrogen-bond donors (Lipinski definition) is 1. The SMILES string of the molecule is CCN1C(=O)[C@@H](CC(=O)Nc2ccc(Br)cc2)N(CC(=O)OC)C1=S. The molecule has 0 radical (unpaired) electrons. The molecule has 0 aliphatic carbocycles. The van der Waals surface area contributed by atoms with Crippen LogP contribution in [0.15, 0.2) is 28.7 Å². The van der Waals surface area contributed by atoms with Gasteiger partial charge in [0.25, 0.3) is 5.91 Å². The first-order valence-electron chi connectivity index (χ1n) is 7.61. The molecule has 1 aliphatic rings. The van der Waals surface area contributed by atoms with Gasteiger partial charge in [0.05, 0.1) is 13.5 Å². The van der Waals surface area contributed by atoms with Gasteiger partial charge in [0.2, 0.25) is 5.91 Å². The third-order valence-electron chi connectivity index (χ3n) is 3.75. The Balaban J connectivity index is 2.11. The van der Waals surface area contributed by atoms with Crippen LogP contribution in [0.2, 0.25) is 0 Å². The van der Waals surface area contributed by atoms with E-state index in [-0.39, 0.29) is 29.9 Å². The smallest absolute Gasteiger partial charge is 0.325 e. The van der Waals surface area contributed by atoms with Gasteiger partial charge in [0.15, 0.2) is 5.11 Å². The van der Waals surface area contributed by atoms with Crippen LogP contribution in [0.1, 0.15) is 13.3 Å². The Morgan fingerprint density at radius 2 is 1.96 bits per heavy atom. The van der Waals surface area contributed by atoms with Gasteiger partial charge in [-0.15, -0.1) is 0 Å². The van der Waals surface area contributed by atoms with Crippen molar-refractivity contribution in [2.45, 2.75) is 19.4 Å². The van der Waals surface area contributed by atoms with Crippen molar-refractivity contribution < 1.29 is 19.1 Å². The molecule has 1 aromatic rings. The first-order chi connectivity index (χ1) is 11.9. The van der Waals surface area contributed by atoms with Crippen molar-refractivity contribution in [1.29, 1.82) is 0 Å². The fourth-order valence-corrected chi connectivity index (χ4v) is 3.16. The third-order valence-corrected chi connectivity index (χ3v) is 4.74. The average Bonchev–Trinajstić information content (AvgIpc) is 2.80. The van der Waals surface area contributed by atoms with Crippen LogP contribution < -0.4 is 5.32 Å². The number of thiocarbonyl (C=S) groups is 1. The zero-order valence-corrected chi connectivity index (χ0v) is 16.2. The Labute approximate surface area is 159 Å². The van der Waals surface area contributed by atoms with Crippen LogP contribution in [0.5, 0.6) is 0 Å². The van der Waals surface area contributed by atoms with E-state index in [1.165, 1.54) is 16.9 Å². The average molecular weight is 428 g/mol. The Morgan fingerprint density at radius 1 is 1.32 bits per heavy atom. The fourth-order valence-electron chi connectivity index (χ4n) is 2.49. The summed E-state index contributed by atoms with van der Waals surface area (Å²) in [7, 11) is 1.26. The second-order valence-corrected chi connectivity index (χ2v) is 6.62. The summed E-state index contributed by atoms with van der Waals surface area (Å²) in [5.74, 6) is -1.15. The van der Waals surface area contributed by atoms with Gasteiger partial charge in [0.1, 0.15) is 12.6 Å². The molecule has 9 heteroatoms. The molecule has 0 aromatic heterocycles. The van der Waals surface area contributed by atoms with Crippen molar-refractivity contribution in [1.82, 2.24) is 9.80 Å². The van der Waals surface area contributed by atoms with Crippen LogP contribution in [-0.2, 0) is 19.1 Å². The summed E-state index contributed by atoms with van der Waals surface area (Å²) in [6.07, 6.45) is -0.109. The lowest BCUT2D eigenvalue weighted by atomic mass is 10.1. The molecule has 1 atom stereocenters. The Bertz CT molecular complexity index is 695. The van der Waals surface area contributed by atoms with Gasteiger partial charge >= 0.3 is 5.97 Å². The molecule has 134 valence electrons. The van der Waals surface area contributed by atoms with E-state index >= 15 is 0 Å². The quantitative estimate of drug-likeness (QED) is 0.550. The van der Waals surface area contributed by atoms with Crippen LogP contribution in [0.3, 0.4) is 0 Å². The van der Waals surface area contributed by atoms with E-state index < -0.39 is 12.0 Å². The summed E-state index contributed by atoms with van der Waals surface area (Å²) >= 11 is 8.59. The maximum atomic E-state index is 12.5. The number of carbonyl (C=O) groups excluding carboxylic acids is 3. The minimum absolute atomic E-state index is 0.109. The van der Waals surface area contributed by atoms with Crippen molar-refractivity contribution in [2.75, 3.05) is 25.5 Å². The monoisotopic (exact) mass is 427 g/mol. The van der Waals surface area contributed by atoms with Crippen molar-refractivity contribution in [3.05, 3.63) is 28.7 Å². The maximum absolute atomic E-state index is 12.5. The Hall–Kier alpha value is -2.00. The largest absolute Gasteiger partial charge is 0.468 e. The predicted molar refractivity (Wildman–Crippen MR) is 99.9 cm³/mol. The van der Waals surface area contributed by atoms with Gasteiger partial charge in [-0.3, -0.25) is 19.3 Å². The van der Waals surface area contributed by atoms with E-state index in [4.69, 9.17) is 12.2 Å². The number of amides is 2. The van der Waals surface area contributed by atoms with Crippen LogP contribution in [0.25, 0.3) is 0 Å². The number of hydrogen-bond acceptors (Lipinski definition) is 5. The number of methoxy groups -OCH3 is 1.